The summed E-state index contributed by atoms with van der Waals surface area (Å²) in [7, 11) is 0. The van der Waals surface area contributed by atoms with Crippen molar-refractivity contribution in [2.45, 2.75) is 11.3 Å². The van der Waals surface area contributed by atoms with Gasteiger partial charge in [0.1, 0.15) is 19.5 Å². The monoisotopic (exact) mass is 220 g/mol. The van der Waals surface area contributed by atoms with Crippen molar-refractivity contribution in [1.29, 1.82) is 0 Å². The predicted octanol–water partition coefficient (Wildman–Crippen LogP) is 0.578. The highest BCUT2D eigenvalue weighted by atomic mass is 32.1. The lowest BCUT2D eigenvalue weighted by Gasteiger charge is -2.05. The van der Waals surface area contributed by atoms with Gasteiger partial charge in [-0.15, -0.1) is 12.6 Å². The number of nitrogens with zero attached hydrogens (tertiary/aromatic N) is 2. The molecule has 1 saturated heterocycles. The van der Waals surface area contributed by atoms with Crippen molar-refractivity contribution in [1.82, 2.24) is 9.36 Å². The Bertz CT molecular complexity index is 275. The Morgan fingerprint density at radius 1 is 1.69 bits per heavy atom. The van der Waals surface area contributed by atoms with Gasteiger partial charge in [-0.2, -0.15) is 9.36 Å². The zero-order chi connectivity index (χ0) is 9.10. The Balaban J connectivity index is 1.78. The molecule has 1 aliphatic heterocycles. The maximum absolute atomic E-state index is 5.30. The summed E-state index contributed by atoms with van der Waals surface area (Å²) in [5.41, 5.74) is 0. The maximum Gasteiger partial charge on any atom is 0.294 e. The van der Waals surface area contributed by atoms with Crippen molar-refractivity contribution in [2.75, 3.05) is 20.0 Å². The summed E-state index contributed by atoms with van der Waals surface area (Å²) >= 11 is 5.14. The quantitative estimate of drug-likeness (QED) is 0.755. The predicted molar refractivity (Wildman–Crippen MR) is 48.3 cm³/mol. The number of rotatable bonds is 3. The SMILES string of the molecule is Sc1nsc(OCC2COCO2)n1. The van der Waals surface area contributed by atoms with Crippen molar-refractivity contribution in [2.24, 2.45) is 0 Å². The lowest BCUT2D eigenvalue weighted by molar-refractivity contribution is 0.0319. The third-order valence-corrected chi connectivity index (χ3v) is 2.45. The van der Waals surface area contributed by atoms with Crippen LogP contribution in [0.25, 0.3) is 0 Å². The summed E-state index contributed by atoms with van der Waals surface area (Å²) in [5, 5.41) is 0.948. The van der Waals surface area contributed by atoms with Crippen molar-refractivity contribution < 1.29 is 14.2 Å². The molecule has 0 amide bonds. The van der Waals surface area contributed by atoms with Gasteiger partial charge in [0.05, 0.1) is 6.61 Å². The Hall–Kier alpha value is -0.370. The first-order valence-corrected chi connectivity index (χ1v) is 4.91. The normalized spacial score (nSPS) is 22.1. The summed E-state index contributed by atoms with van der Waals surface area (Å²) in [6.07, 6.45) is 0.00673. The topological polar surface area (TPSA) is 53.5 Å². The fourth-order valence-corrected chi connectivity index (χ4v) is 1.62. The highest BCUT2D eigenvalue weighted by Crippen LogP contribution is 2.16. The molecule has 7 heteroatoms. The standard InChI is InChI=1S/C6H8N2O3S2/c12-5-7-6(13-8-5)10-2-4-1-9-3-11-4/h4H,1-3H2,(H,8,12). The fraction of sp³-hybridized carbons (Fsp3) is 0.667. The average Bonchev–Trinajstić information content (AvgIpc) is 2.71. The molecule has 13 heavy (non-hydrogen) atoms. The number of hydrogen-bond acceptors (Lipinski definition) is 7. The highest BCUT2D eigenvalue weighted by Gasteiger charge is 2.17. The summed E-state index contributed by atoms with van der Waals surface area (Å²) < 4.78 is 19.3. The van der Waals surface area contributed by atoms with Crippen LogP contribution in [0, 0.1) is 0 Å². The number of thiol groups is 1. The molecule has 72 valence electrons. The van der Waals surface area contributed by atoms with Crippen LogP contribution >= 0.6 is 24.2 Å². The highest BCUT2D eigenvalue weighted by molar-refractivity contribution is 7.80. The molecular formula is C6H8N2O3S2. The molecule has 1 aliphatic rings. The van der Waals surface area contributed by atoms with E-state index in [0.29, 0.717) is 30.4 Å². The summed E-state index contributed by atoms with van der Waals surface area (Å²) in [6, 6.07) is 0. The first kappa shape index (κ1) is 9.20. The zero-order valence-corrected chi connectivity index (χ0v) is 8.38. The molecule has 1 aromatic rings. The zero-order valence-electron chi connectivity index (χ0n) is 6.67. The second-order valence-corrected chi connectivity index (χ2v) is 3.56. The molecule has 2 heterocycles. The third-order valence-electron chi connectivity index (χ3n) is 1.48. The van der Waals surface area contributed by atoms with Crippen LogP contribution in [0.15, 0.2) is 5.16 Å². The number of hydrogen-bond donors (Lipinski definition) is 1. The minimum absolute atomic E-state index is 0.00673. The first-order chi connectivity index (χ1) is 6.34. The maximum atomic E-state index is 5.30. The van der Waals surface area contributed by atoms with E-state index in [-0.39, 0.29) is 6.10 Å². The minimum Gasteiger partial charge on any atom is -0.466 e. The number of ether oxygens (including phenoxy) is 3. The molecule has 0 spiro atoms. The van der Waals surface area contributed by atoms with Crippen LogP contribution in [0.3, 0.4) is 0 Å². The van der Waals surface area contributed by atoms with Gasteiger partial charge >= 0.3 is 0 Å². The Labute approximate surface area is 84.6 Å². The molecule has 0 radical (unpaired) electrons. The van der Waals surface area contributed by atoms with Crippen molar-refractivity contribution in [3.05, 3.63) is 0 Å². The van der Waals surface area contributed by atoms with Gasteiger partial charge < -0.3 is 14.2 Å². The molecular weight excluding hydrogens is 212 g/mol. The molecule has 5 nitrogen and oxygen atoms in total. The summed E-state index contributed by atoms with van der Waals surface area (Å²) in [5.74, 6) is 0. The largest absolute Gasteiger partial charge is 0.466 e. The van der Waals surface area contributed by atoms with Crippen LogP contribution < -0.4 is 4.74 Å². The molecule has 0 saturated carbocycles. The Morgan fingerprint density at radius 3 is 3.23 bits per heavy atom. The van der Waals surface area contributed by atoms with E-state index in [9.17, 15) is 0 Å². The van der Waals surface area contributed by atoms with Crippen LogP contribution in [0.5, 0.6) is 5.19 Å². The van der Waals surface area contributed by atoms with E-state index < -0.39 is 0 Å². The van der Waals surface area contributed by atoms with Crippen molar-refractivity contribution in [3.8, 4) is 5.19 Å². The van der Waals surface area contributed by atoms with Gasteiger partial charge in [0.25, 0.3) is 5.19 Å². The van der Waals surface area contributed by atoms with Crippen molar-refractivity contribution >= 4 is 24.2 Å². The van der Waals surface area contributed by atoms with Gasteiger partial charge in [-0.25, -0.2) is 0 Å². The Morgan fingerprint density at radius 2 is 2.62 bits per heavy atom. The molecule has 1 fully saturated rings. The first-order valence-electron chi connectivity index (χ1n) is 3.69. The Kier molecular flexibility index (Phi) is 2.99. The van der Waals surface area contributed by atoms with E-state index in [0.717, 1.165) is 0 Å². The molecule has 0 aromatic carbocycles. The molecule has 2 rings (SSSR count). The molecule has 0 aliphatic carbocycles. The van der Waals surface area contributed by atoms with Crippen LogP contribution in [0.2, 0.25) is 0 Å². The second kappa shape index (κ2) is 4.23. The number of aromatic nitrogens is 2. The van der Waals surface area contributed by atoms with Gasteiger partial charge in [-0.3, -0.25) is 0 Å². The van der Waals surface area contributed by atoms with Crippen LogP contribution in [0.1, 0.15) is 0 Å². The molecule has 0 bridgehead atoms. The van der Waals surface area contributed by atoms with E-state index >= 15 is 0 Å². The average molecular weight is 220 g/mol. The van der Waals surface area contributed by atoms with Gasteiger partial charge in [0, 0.05) is 11.5 Å². The summed E-state index contributed by atoms with van der Waals surface area (Å²) in [6.45, 7) is 1.37. The van der Waals surface area contributed by atoms with E-state index in [1.165, 1.54) is 11.5 Å². The lowest BCUT2D eigenvalue weighted by Crippen LogP contribution is -2.19. The molecule has 1 aromatic heterocycles. The van der Waals surface area contributed by atoms with Crippen LogP contribution in [0.4, 0.5) is 0 Å². The molecule has 0 N–H and O–H groups in total. The van der Waals surface area contributed by atoms with Crippen LogP contribution in [-0.4, -0.2) is 35.5 Å². The van der Waals surface area contributed by atoms with Gasteiger partial charge in [-0.1, -0.05) is 0 Å². The summed E-state index contributed by atoms with van der Waals surface area (Å²) in [4.78, 5) is 3.92. The van der Waals surface area contributed by atoms with Crippen molar-refractivity contribution in [3.63, 3.8) is 0 Å². The van der Waals surface area contributed by atoms with Gasteiger partial charge in [0.2, 0.25) is 5.16 Å². The smallest absolute Gasteiger partial charge is 0.294 e. The minimum atomic E-state index is 0.00673. The third kappa shape index (κ3) is 2.53. The van der Waals surface area contributed by atoms with E-state index in [2.05, 4.69) is 22.0 Å². The second-order valence-electron chi connectivity index (χ2n) is 2.45. The van der Waals surface area contributed by atoms with Gasteiger partial charge in [0.15, 0.2) is 0 Å². The van der Waals surface area contributed by atoms with Crippen LogP contribution in [-0.2, 0) is 9.47 Å². The van der Waals surface area contributed by atoms with E-state index in [1.54, 1.807) is 0 Å². The van der Waals surface area contributed by atoms with Gasteiger partial charge in [-0.05, 0) is 0 Å². The van der Waals surface area contributed by atoms with E-state index in [4.69, 9.17) is 14.2 Å². The lowest BCUT2D eigenvalue weighted by atomic mass is 10.4. The fourth-order valence-electron chi connectivity index (χ4n) is 0.893. The van der Waals surface area contributed by atoms with E-state index in [1.807, 2.05) is 0 Å². The molecule has 1 atom stereocenters. The molecule has 1 unspecified atom stereocenters.